The van der Waals surface area contributed by atoms with E-state index in [0.29, 0.717) is 12.0 Å². The molecule has 30 heavy (non-hydrogen) atoms. The third kappa shape index (κ3) is 2.84. The summed E-state index contributed by atoms with van der Waals surface area (Å²) in [7, 11) is -2.08. The summed E-state index contributed by atoms with van der Waals surface area (Å²) in [5.41, 5.74) is 1.68. The van der Waals surface area contributed by atoms with Crippen LogP contribution >= 0.6 is 0 Å². The average Bonchev–Trinajstić information content (AvgIpc) is 3.44. The number of fused-ring (bicyclic) bond motifs is 5. The van der Waals surface area contributed by atoms with Gasteiger partial charge < -0.3 is 4.74 Å². The Hall–Kier alpha value is -2.47. The highest BCUT2D eigenvalue weighted by atomic mass is 28.3. The van der Waals surface area contributed by atoms with Gasteiger partial charge in [-0.2, -0.15) is 0 Å². The predicted octanol–water partition coefficient (Wildman–Crippen LogP) is 3.77. The largest absolute Gasteiger partial charge is 0.447 e. The normalized spacial score (nSPS) is 32.2. The van der Waals surface area contributed by atoms with Crippen LogP contribution in [0.2, 0.25) is 19.6 Å². The molecule has 1 heterocycles. The molecule has 1 saturated heterocycles. The highest BCUT2D eigenvalue weighted by Crippen LogP contribution is 2.57. The number of nitrogens with zero attached hydrogens (tertiary/aromatic N) is 1. The number of cyclic esters (lactones) is 1. The van der Waals surface area contributed by atoms with Crippen molar-refractivity contribution in [2.45, 2.75) is 38.5 Å². The van der Waals surface area contributed by atoms with E-state index in [1.54, 1.807) is 0 Å². The summed E-state index contributed by atoms with van der Waals surface area (Å²) in [5.74, 6) is 0.126. The monoisotopic (exact) mass is 421 g/mol. The van der Waals surface area contributed by atoms with Crippen LogP contribution in [-0.4, -0.2) is 43.4 Å². The van der Waals surface area contributed by atoms with Crippen LogP contribution in [0.5, 0.6) is 0 Å². The third-order valence-electron chi connectivity index (χ3n) is 7.09. The number of carbonyl (C=O) groups excluding carboxylic acids is 3. The van der Waals surface area contributed by atoms with E-state index < -0.39 is 14.2 Å². The average molecular weight is 422 g/mol. The van der Waals surface area contributed by atoms with E-state index in [2.05, 4.69) is 31.8 Å². The van der Waals surface area contributed by atoms with Crippen LogP contribution in [0.15, 0.2) is 53.3 Å². The molecule has 2 amide bonds. The van der Waals surface area contributed by atoms with Crippen molar-refractivity contribution >= 4 is 25.9 Å². The lowest BCUT2D eigenvalue weighted by atomic mass is 9.81. The number of ether oxygens (including phenoxy) is 1. The Morgan fingerprint density at radius 3 is 2.40 bits per heavy atom. The Balaban J connectivity index is 1.54. The van der Waals surface area contributed by atoms with Crippen molar-refractivity contribution in [3.8, 4) is 0 Å². The number of rotatable bonds is 4. The Morgan fingerprint density at radius 1 is 1.07 bits per heavy atom. The molecule has 4 aliphatic rings. The van der Waals surface area contributed by atoms with Gasteiger partial charge >= 0.3 is 6.09 Å². The van der Waals surface area contributed by atoms with Crippen LogP contribution < -0.4 is 0 Å². The summed E-state index contributed by atoms with van der Waals surface area (Å²) >= 11 is 0. The first-order valence-electron chi connectivity index (χ1n) is 10.8. The van der Waals surface area contributed by atoms with Crippen molar-refractivity contribution in [1.29, 1.82) is 0 Å². The molecule has 0 aromatic heterocycles. The Bertz CT molecular complexity index is 990. The van der Waals surface area contributed by atoms with Gasteiger partial charge in [-0.1, -0.05) is 62.1 Å². The number of hydrogen-bond acceptors (Lipinski definition) is 4. The first-order valence-corrected chi connectivity index (χ1v) is 14.3. The highest BCUT2D eigenvalue weighted by Gasteiger charge is 2.59. The molecule has 1 aliphatic heterocycles. The molecule has 0 spiro atoms. The van der Waals surface area contributed by atoms with Gasteiger partial charge in [0, 0.05) is 17.4 Å². The Morgan fingerprint density at radius 2 is 1.73 bits per heavy atom. The predicted molar refractivity (Wildman–Crippen MR) is 115 cm³/mol. The summed E-state index contributed by atoms with van der Waals surface area (Å²) in [5, 5.41) is 0.749. The second kappa shape index (κ2) is 6.77. The van der Waals surface area contributed by atoms with Gasteiger partial charge in [-0.05, 0) is 35.4 Å². The van der Waals surface area contributed by atoms with Crippen molar-refractivity contribution in [1.82, 2.24) is 4.90 Å². The van der Waals surface area contributed by atoms with Gasteiger partial charge in [0.25, 0.3) is 5.91 Å². The minimum absolute atomic E-state index is 0.0764. The van der Waals surface area contributed by atoms with Crippen LogP contribution in [0.1, 0.15) is 12.0 Å². The standard InChI is InChI=1S/C24H27NO4Si/c1-30(2,3)22-20(18-15-9-10-16(12-15)19(18)21(22)26)23(27)25-17(13-29-24(25)28)11-14-7-5-4-6-8-14/h4-10,15-19H,11-13H2,1-3H3/t15-,16+,17-,18+,19-/m0/s1. The molecule has 0 N–H and O–H groups in total. The molecule has 1 aromatic carbocycles. The number of allylic oxidation sites excluding steroid dienone is 3. The van der Waals surface area contributed by atoms with Crippen molar-refractivity contribution < 1.29 is 19.1 Å². The van der Waals surface area contributed by atoms with Gasteiger partial charge in [0.15, 0.2) is 5.78 Å². The van der Waals surface area contributed by atoms with Gasteiger partial charge in [-0.3, -0.25) is 9.59 Å². The fourth-order valence-electron chi connectivity index (χ4n) is 5.94. The minimum Gasteiger partial charge on any atom is -0.447 e. The van der Waals surface area contributed by atoms with Crippen LogP contribution in [0.25, 0.3) is 0 Å². The fourth-order valence-corrected chi connectivity index (χ4v) is 7.93. The summed E-state index contributed by atoms with van der Waals surface area (Å²) in [4.78, 5) is 41.3. The molecule has 2 fully saturated rings. The maximum atomic E-state index is 13.9. The van der Waals surface area contributed by atoms with E-state index in [9.17, 15) is 14.4 Å². The third-order valence-corrected chi connectivity index (χ3v) is 9.10. The summed E-state index contributed by atoms with van der Waals surface area (Å²) in [6.45, 7) is 6.55. The molecule has 1 aromatic rings. The molecule has 6 heteroatoms. The molecule has 0 unspecified atom stereocenters. The second-order valence-corrected chi connectivity index (χ2v) is 15.0. The highest BCUT2D eigenvalue weighted by molar-refractivity contribution is 6.88. The summed E-state index contributed by atoms with van der Waals surface area (Å²) in [6, 6.07) is 9.49. The molecule has 156 valence electrons. The zero-order valence-electron chi connectivity index (χ0n) is 17.6. The van der Waals surface area contributed by atoms with Gasteiger partial charge in [0.1, 0.15) is 6.61 Å². The van der Waals surface area contributed by atoms with E-state index in [0.717, 1.165) is 17.2 Å². The topological polar surface area (TPSA) is 63.7 Å². The van der Waals surface area contributed by atoms with Crippen LogP contribution in [0.4, 0.5) is 4.79 Å². The Kier molecular flexibility index (Phi) is 4.40. The number of amides is 2. The van der Waals surface area contributed by atoms with E-state index in [1.165, 1.54) is 4.90 Å². The summed E-state index contributed by atoms with van der Waals surface area (Å²) in [6.07, 6.45) is 5.24. The molecule has 2 bridgehead atoms. The first-order chi connectivity index (χ1) is 14.3. The van der Waals surface area contributed by atoms with Crippen LogP contribution in [-0.2, 0) is 20.7 Å². The van der Waals surface area contributed by atoms with E-state index in [1.807, 2.05) is 30.3 Å². The van der Waals surface area contributed by atoms with Gasteiger partial charge in [-0.15, -0.1) is 0 Å². The Labute approximate surface area is 177 Å². The fraction of sp³-hybridized carbons (Fsp3) is 0.458. The number of ketones is 1. The molecular formula is C24H27NO4Si. The van der Waals surface area contributed by atoms with Gasteiger partial charge in [0.05, 0.1) is 14.1 Å². The van der Waals surface area contributed by atoms with Gasteiger partial charge in [0.2, 0.25) is 0 Å². The molecule has 0 radical (unpaired) electrons. The molecule has 1 saturated carbocycles. The zero-order valence-corrected chi connectivity index (χ0v) is 18.6. The maximum absolute atomic E-state index is 13.9. The quantitative estimate of drug-likeness (QED) is 0.548. The molecular weight excluding hydrogens is 394 g/mol. The number of benzene rings is 1. The number of Topliss-reactive ketones (excluding diaryl/α,β-unsaturated/α-hetero) is 1. The smallest absolute Gasteiger partial charge is 0.417 e. The lowest BCUT2D eigenvalue weighted by molar-refractivity contribution is -0.125. The van der Waals surface area contributed by atoms with E-state index in [-0.39, 0.29) is 48.0 Å². The number of imide groups is 1. The molecule has 5 nitrogen and oxygen atoms in total. The van der Waals surface area contributed by atoms with Crippen molar-refractivity contribution in [2.24, 2.45) is 23.7 Å². The SMILES string of the molecule is C[Si](C)(C)C1=C(C(=O)N2C(=O)OC[C@@H]2Cc2ccccc2)[C@H]2[C@@H](C1=O)[C@@H]1C=C[C@H]2C1. The minimum atomic E-state index is -2.08. The number of carbonyl (C=O) groups is 3. The van der Waals surface area contributed by atoms with E-state index in [4.69, 9.17) is 4.74 Å². The lowest BCUT2D eigenvalue weighted by Gasteiger charge is -2.27. The zero-order chi connectivity index (χ0) is 21.2. The van der Waals surface area contributed by atoms with Crippen molar-refractivity contribution in [3.05, 3.63) is 58.8 Å². The number of hydrogen-bond donors (Lipinski definition) is 0. The van der Waals surface area contributed by atoms with E-state index >= 15 is 0 Å². The summed E-state index contributed by atoms with van der Waals surface area (Å²) < 4.78 is 5.31. The molecule has 5 rings (SSSR count). The van der Waals surface area contributed by atoms with Crippen LogP contribution in [0.3, 0.4) is 0 Å². The molecule has 5 atom stereocenters. The maximum Gasteiger partial charge on any atom is 0.417 e. The molecule has 3 aliphatic carbocycles. The van der Waals surface area contributed by atoms with Crippen LogP contribution in [0, 0.1) is 23.7 Å². The first kappa shape index (κ1) is 19.5. The lowest BCUT2D eigenvalue weighted by Crippen LogP contribution is -2.43. The van der Waals surface area contributed by atoms with Crippen molar-refractivity contribution in [2.75, 3.05) is 6.61 Å². The second-order valence-electron chi connectivity index (χ2n) is 10.00. The van der Waals surface area contributed by atoms with Gasteiger partial charge in [-0.25, -0.2) is 9.69 Å². The van der Waals surface area contributed by atoms with Crippen molar-refractivity contribution in [3.63, 3.8) is 0 Å².